The zero-order chi connectivity index (χ0) is 27.1. The Morgan fingerprint density at radius 1 is 1.13 bits per heavy atom. The van der Waals surface area contributed by atoms with Crippen molar-refractivity contribution in [1.82, 2.24) is 19.6 Å². The van der Waals surface area contributed by atoms with E-state index in [1.807, 2.05) is 61.5 Å². The molecule has 0 spiro atoms. The van der Waals surface area contributed by atoms with Crippen LogP contribution in [0, 0.1) is 5.41 Å². The zero-order valence-corrected chi connectivity index (χ0v) is 22.3. The van der Waals surface area contributed by atoms with Crippen molar-refractivity contribution >= 4 is 17.1 Å². The summed E-state index contributed by atoms with van der Waals surface area (Å²) in [5.41, 5.74) is 4.39. The van der Waals surface area contributed by atoms with Crippen molar-refractivity contribution < 1.29 is 19.1 Å². The Kier molecular flexibility index (Phi) is 6.13. The van der Waals surface area contributed by atoms with Crippen LogP contribution in [0.1, 0.15) is 62.0 Å². The Morgan fingerprint density at radius 3 is 2.64 bits per heavy atom. The Balaban J connectivity index is 1.40. The molecule has 0 saturated carbocycles. The van der Waals surface area contributed by atoms with E-state index in [2.05, 4.69) is 29.1 Å². The maximum absolute atomic E-state index is 13.6. The molecular weight excluding hydrogens is 494 g/mol. The van der Waals surface area contributed by atoms with Gasteiger partial charge >= 0.3 is 0 Å². The first-order chi connectivity index (χ1) is 18.8. The summed E-state index contributed by atoms with van der Waals surface area (Å²) < 4.78 is 13.3. The monoisotopic (exact) mass is 523 g/mol. The first-order valence-corrected chi connectivity index (χ1v) is 12.9. The van der Waals surface area contributed by atoms with Gasteiger partial charge in [0.15, 0.2) is 23.9 Å². The number of rotatable bonds is 6. The number of nitrogens with zero attached hydrogens (tertiary/aromatic N) is 5. The fourth-order valence-corrected chi connectivity index (χ4v) is 5.30. The standard InChI is InChI=1S/C30H29N5O4/c1-18(19-8-6-5-7-9-19)34-38-16-24-32-28-27-25(20-10-12-21(37-4)13-11-20)26-22(36)14-30(2,3)15-23(26)39-29(27)31-17-35(28)33-24/h5-13,17,25H,14-16H2,1-4H3. The molecule has 0 fully saturated rings. The van der Waals surface area contributed by atoms with Crippen LogP contribution in [-0.2, 0) is 16.2 Å². The van der Waals surface area contributed by atoms with Gasteiger partial charge in [0.25, 0.3) is 0 Å². The van der Waals surface area contributed by atoms with Crippen LogP contribution < -0.4 is 9.47 Å². The first kappa shape index (κ1) is 24.8. The van der Waals surface area contributed by atoms with Crippen molar-refractivity contribution in [1.29, 1.82) is 0 Å². The van der Waals surface area contributed by atoms with Gasteiger partial charge in [-0.25, -0.2) is 14.5 Å². The van der Waals surface area contributed by atoms with E-state index in [4.69, 9.17) is 19.3 Å². The van der Waals surface area contributed by atoms with E-state index in [1.165, 1.54) is 0 Å². The number of aromatic nitrogens is 4. The molecule has 39 heavy (non-hydrogen) atoms. The number of ketones is 1. The van der Waals surface area contributed by atoms with E-state index in [0.29, 0.717) is 47.1 Å². The molecular formula is C30H29N5O4. The van der Waals surface area contributed by atoms with Gasteiger partial charge in [-0.05, 0) is 35.6 Å². The maximum atomic E-state index is 13.6. The predicted molar refractivity (Wildman–Crippen MR) is 145 cm³/mol. The highest BCUT2D eigenvalue weighted by atomic mass is 16.6. The average molecular weight is 524 g/mol. The van der Waals surface area contributed by atoms with E-state index in [9.17, 15) is 4.79 Å². The highest BCUT2D eigenvalue weighted by molar-refractivity contribution is 6.00. The number of fused-ring (bicyclic) bond motifs is 3. The largest absolute Gasteiger partial charge is 0.497 e. The minimum atomic E-state index is -0.397. The molecule has 2 aromatic carbocycles. The Morgan fingerprint density at radius 2 is 1.90 bits per heavy atom. The minimum Gasteiger partial charge on any atom is -0.497 e. The predicted octanol–water partition coefficient (Wildman–Crippen LogP) is 5.24. The molecule has 1 aliphatic carbocycles. The van der Waals surface area contributed by atoms with Crippen LogP contribution in [0.15, 0.2) is 77.4 Å². The van der Waals surface area contributed by atoms with Gasteiger partial charge in [0.1, 0.15) is 17.8 Å². The number of hydrogen-bond donors (Lipinski definition) is 0. The molecule has 4 aromatic rings. The molecule has 0 bridgehead atoms. The summed E-state index contributed by atoms with van der Waals surface area (Å²) in [7, 11) is 1.63. The van der Waals surface area contributed by atoms with Gasteiger partial charge in [0.05, 0.1) is 18.4 Å². The van der Waals surface area contributed by atoms with E-state index < -0.39 is 5.92 Å². The van der Waals surface area contributed by atoms with Crippen molar-refractivity contribution in [3.8, 4) is 11.6 Å². The van der Waals surface area contributed by atoms with Crippen LogP contribution in [0.5, 0.6) is 11.6 Å². The van der Waals surface area contributed by atoms with Gasteiger partial charge in [-0.3, -0.25) is 4.79 Å². The number of hydrogen-bond acceptors (Lipinski definition) is 8. The quantitative estimate of drug-likeness (QED) is 0.252. The van der Waals surface area contributed by atoms with E-state index >= 15 is 0 Å². The molecule has 9 heteroatoms. The lowest BCUT2D eigenvalue weighted by atomic mass is 9.70. The number of methoxy groups -OCH3 is 1. The SMILES string of the molecule is COc1ccc(C2C3=C(CC(C)(C)CC3=O)Oc3ncn4nc(CON=C(C)c5ccccc5)nc4c32)cc1. The van der Waals surface area contributed by atoms with Crippen molar-refractivity contribution in [2.45, 2.75) is 46.1 Å². The minimum absolute atomic E-state index is 0.0727. The highest BCUT2D eigenvalue weighted by Crippen LogP contribution is 2.50. The van der Waals surface area contributed by atoms with E-state index in [1.54, 1.807) is 18.0 Å². The molecule has 198 valence electrons. The van der Waals surface area contributed by atoms with Gasteiger partial charge in [-0.2, -0.15) is 0 Å². The maximum Gasteiger partial charge on any atom is 0.228 e. The van der Waals surface area contributed by atoms with Crippen LogP contribution in [0.4, 0.5) is 0 Å². The second-order valence-electron chi connectivity index (χ2n) is 10.7. The lowest BCUT2D eigenvalue weighted by Gasteiger charge is -2.37. The van der Waals surface area contributed by atoms with Crippen LogP contribution in [0.3, 0.4) is 0 Å². The summed E-state index contributed by atoms with van der Waals surface area (Å²) in [6, 6.07) is 17.5. The molecule has 0 amide bonds. The number of allylic oxidation sites excluding steroid dienone is 2. The number of benzene rings is 2. The van der Waals surface area contributed by atoms with Crippen molar-refractivity contribution in [2.24, 2.45) is 10.6 Å². The molecule has 2 aromatic heterocycles. The second kappa shape index (κ2) is 9.65. The molecule has 1 aliphatic heterocycles. The lowest BCUT2D eigenvalue weighted by Crippen LogP contribution is -2.33. The van der Waals surface area contributed by atoms with Crippen molar-refractivity contribution in [3.63, 3.8) is 0 Å². The molecule has 6 rings (SSSR count). The number of ether oxygens (including phenoxy) is 2. The summed E-state index contributed by atoms with van der Waals surface area (Å²) in [4.78, 5) is 28.5. The fraction of sp³-hybridized carbons (Fsp3) is 0.300. The van der Waals surface area contributed by atoms with Gasteiger partial charge in [0.2, 0.25) is 5.88 Å². The molecule has 0 saturated heterocycles. The lowest BCUT2D eigenvalue weighted by molar-refractivity contribution is -0.118. The Bertz CT molecular complexity index is 1620. The third-order valence-corrected chi connectivity index (χ3v) is 7.14. The topological polar surface area (TPSA) is 100 Å². The normalized spacial score (nSPS) is 18.4. The summed E-state index contributed by atoms with van der Waals surface area (Å²) in [5, 5.41) is 8.79. The molecule has 0 radical (unpaired) electrons. The number of carbonyl (C=O) groups is 1. The molecule has 0 N–H and O–H groups in total. The molecule has 2 aliphatic rings. The number of oxime groups is 1. The number of carbonyl (C=O) groups excluding carboxylic acids is 1. The van der Waals surface area contributed by atoms with E-state index in [-0.39, 0.29) is 17.8 Å². The summed E-state index contributed by atoms with van der Waals surface area (Å²) >= 11 is 0. The Hall–Kier alpha value is -4.53. The van der Waals surface area contributed by atoms with Gasteiger partial charge in [0, 0.05) is 24.3 Å². The van der Waals surface area contributed by atoms with Crippen LogP contribution in [0.25, 0.3) is 5.65 Å². The van der Waals surface area contributed by atoms with Crippen LogP contribution >= 0.6 is 0 Å². The zero-order valence-electron chi connectivity index (χ0n) is 22.3. The smallest absolute Gasteiger partial charge is 0.228 e. The second-order valence-corrected chi connectivity index (χ2v) is 10.7. The third kappa shape index (κ3) is 4.65. The van der Waals surface area contributed by atoms with Gasteiger partial charge in [-0.1, -0.05) is 61.5 Å². The highest BCUT2D eigenvalue weighted by Gasteiger charge is 2.44. The van der Waals surface area contributed by atoms with E-state index in [0.717, 1.165) is 22.6 Å². The third-order valence-electron chi connectivity index (χ3n) is 7.14. The van der Waals surface area contributed by atoms with Crippen LogP contribution in [-0.4, -0.2) is 38.2 Å². The Labute approximate surface area is 226 Å². The molecule has 9 nitrogen and oxygen atoms in total. The molecule has 3 heterocycles. The van der Waals surface area contributed by atoms with Crippen molar-refractivity contribution in [3.05, 3.63) is 94.8 Å². The molecule has 1 unspecified atom stereocenters. The summed E-state index contributed by atoms with van der Waals surface area (Å²) in [5.74, 6) is 1.97. The average Bonchev–Trinajstić information content (AvgIpc) is 3.35. The number of Topliss-reactive ketones (excluding diaryl/α,β-unsaturated/α-hetero) is 1. The fourth-order valence-electron chi connectivity index (χ4n) is 5.30. The summed E-state index contributed by atoms with van der Waals surface area (Å²) in [6.07, 6.45) is 2.67. The summed E-state index contributed by atoms with van der Waals surface area (Å²) in [6.45, 7) is 6.13. The van der Waals surface area contributed by atoms with Crippen LogP contribution in [0.2, 0.25) is 0 Å². The van der Waals surface area contributed by atoms with Crippen molar-refractivity contribution in [2.75, 3.05) is 7.11 Å². The van der Waals surface area contributed by atoms with Gasteiger partial charge < -0.3 is 14.3 Å². The molecule has 1 atom stereocenters. The van der Waals surface area contributed by atoms with Gasteiger partial charge in [-0.15, -0.1) is 5.10 Å². The first-order valence-electron chi connectivity index (χ1n) is 12.9.